The van der Waals surface area contributed by atoms with Crippen LogP contribution in [0.4, 0.5) is 0 Å². The number of Topliss-reactive ketones (excluding diaryl/α,β-unsaturated/α-hetero) is 1. The Labute approximate surface area is 219 Å². The van der Waals surface area contributed by atoms with Crippen LogP contribution in [0.15, 0.2) is 30.3 Å². The molecular formula is C30H40O7. The van der Waals surface area contributed by atoms with Gasteiger partial charge in [0.05, 0.1) is 29.1 Å². The second kappa shape index (κ2) is 8.37. The van der Waals surface area contributed by atoms with Gasteiger partial charge in [0.2, 0.25) is 0 Å². The standard InChI is InChI=1S/C30H40O7/c1-16-15-30(37-25(33)18-11-9-8-10-12-18)21(22(16)36-17(2)31)23(32)28(5)14-13-19-20(27(19,3)4)24(35-7)29(28,6)26(30)34/h8-12,16,19-24,32H,13-15H2,1-7H3. The summed E-state index contributed by atoms with van der Waals surface area (Å²) in [6, 6.07) is 8.57. The van der Waals surface area contributed by atoms with E-state index in [1.165, 1.54) is 6.92 Å². The highest BCUT2D eigenvalue weighted by Gasteiger charge is 2.80. The summed E-state index contributed by atoms with van der Waals surface area (Å²) in [6.07, 6.45) is -0.586. The molecule has 1 aromatic rings. The molecule has 202 valence electrons. The second-order valence-corrected chi connectivity index (χ2v) is 13.0. The van der Waals surface area contributed by atoms with Gasteiger partial charge in [0.25, 0.3) is 0 Å². The van der Waals surface area contributed by atoms with E-state index in [1.54, 1.807) is 37.4 Å². The lowest BCUT2D eigenvalue weighted by Gasteiger charge is -2.60. The van der Waals surface area contributed by atoms with Crippen molar-refractivity contribution in [3.63, 3.8) is 0 Å². The largest absolute Gasteiger partial charge is 0.462 e. The zero-order valence-corrected chi connectivity index (χ0v) is 22.9. The number of aliphatic hydroxyl groups is 1. The van der Waals surface area contributed by atoms with E-state index in [1.807, 2.05) is 20.8 Å². The fourth-order valence-electron chi connectivity index (χ4n) is 8.76. The molecule has 1 aromatic carbocycles. The number of fused-ring (bicyclic) bond motifs is 3. The molecule has 0 amide bonds. The molecule has 0 saturated heterocycles. The highest BCUT2D eigenvalue weighted by atomic mass is 16.6. The monoisotopic (exact) mass is 512 g/mol. The van der Waals surface area contributed by atoms with Gasteiger partial charge in [-0.25, -0.2) is 4.79 Å². The van der Waals surface area contributed by atoms with Gasteiger partial charge in [-0.2, -0.15) is 0 Å². The molecule has 0 heterocycles. The number of benzene rings is 1. The van der Waals surface area contributed by atoms with Crippen LogP contribution < -0.4 is 0 Å². The SMILES string of the molecule is COC1C2C(CCC3(C)C(O)C4C(OC(C)=O)C(C)CC4(OC(=O)c4ccccc4)C(=O)C13C)C2(C)C. The summed E-state index contributed by atoms with van der Waals surface area (Å²) >= 11 is 0. The minimum absolute atomic E-state index is 0.0181. The molecule has 4 aliphatic carbocycles. The molecule has 0 aromatic heterocycles. The molecule has 5 rings (SSSR count). The molecule has 1 N–H and O–H groups in total. The van der Waals surface area contributed by atoms with E-state index < -0.39 is 52.6 Å². The highest BCUT2D eigenvalue weighted by Crippen LogP contribution is 2.74. The number of ketones is 1. The quantitative estimate of drug-likeness (QED) is 0.604. The molecular weight excluding hydrogens is 472 g/mol. The highest BCUT2D eigenvalue weighted by molar-refractivity contribution is 6.00. The lowest BCUT2D eigenvalue weighted by molar-refractivity contribution is -0.233. The van der Waals surface area contributed by atoms with Crippen molar-refractivity contribution in [1.29, 1.82) is 0 Å². The van der Waals surface area contributed by atoms with Crippen LogP contribution in [0.3, 0.4) is 0 Å². The summed E-state index contributed by atoms with van der Waals surface area (Å²) in [4.78, 5) is 40.7. The number of aliphatic hydroxyl groups excluding tert-OH is 1. The zero-order chi connectivity index (χ0) is 27.1. The Bertz CT molecular complexity index is 1110. The minimum Gasteiger partial charge on any atom is -0.462 e. The van der Waals surface area contributed by atoms with E-state index in [4.69, 9.17) is 14.2 Å². The molecule has 4 aliphatic rings. The van der Waals surface area contributed by atoms with E-state index in [2.05, 4.69) is 13.8 Å². The van der Waals surface area contributed by atoms with Gasteiger partial charge >= 0.3 is 11.9 Å². The number of hydrogen-bond donors (Lipinski definition) is 1. The third-order valence-electron chi connectivity index (χ3n) is 11.0. The molecule has 0 aliphatic heterocycles. The third kappa shape index (κ3) is 3.35. The molecule has 0 radical (unpaired) electrons. The first-order valence-electron chi connectivity index (χ1n) is 13.5. The molecule has 10 atom stereocenters. The van der Waals surface area contributed by atoms with Crippen LogP contribution in [0.5, 0.6) is 0 Å². The van der Waals surface area contributed by atoms with Crippen LogP contribution in [0.1, 0.15) is 71.2 Å². The van der Waals surface area contributed by atoms with Crippen molar-refractivity contribution in [2.75, 3.05) is 7.11 Å². The topological polar surface area (TPSA) is 99.1 Å². The number of hydrogen-bond acceptors (Lipinski definition) is 7. The maximum atomic E-state index is 15.1. The van der Waals surface area contributed by atoms with Crippen LogP contribution in [-0.4, -0.2) is 53.9 Å². The van der Waals surface area contributed by atoms with E-state index in [0.717, 1.165) is 6.42 Å². The van der Waals surface area contributed by atoms with E-state index in [-0.39, 0.29) is 29.5 Å². The summed E-state index contributed by atoms with van der Waals surface area (Å²) in [6.45, 7) is 11.5. The van der Waals surface area contributed by atoms with Gasteiger partial charge in [-0.15, -0.1) is 0 Å². The maximum Gasteiger partial charge on any atom is 0.339 e. The number of ether oxygens (including phenoxy) is 3. The molecule has 7 nitrogen and oxygen atoms in total. The third-order valence-corrected chi connectivity index (χ3v) is 11.0. The fraction of sp³-hybridized carbons (Fsp3) is 0.700. The Kier molecular flexibility index (Phi) is 5.97. The predicted octanol–water partition coefficient (Wildman–Crippen LogP) is 4.21. The van der Waals surface area contributed by atoms with Crippen LogP contribution in [0.2, 0.25) is 0 Å². The summed E-state index contributed by atoms with van der Waals surface area (Å²) in [5, 5.41) is 12.2. The van der Waals surface area contributed by atoms with E-state index >= 15 is 4.79 Å². The predicted molar refractivity (Wildman–Crippen MR) is 135 cm³/mol. The van der Waals surface area contributed by atoms with E-state index in [9.17, 15) is 14.7 Å². The van der Waals surface area contributed by atoms with Gasteiger partial charge in [-0.05, 0) is 55.1 Å². The average Bonchev–Trinajstić information content (AvgIpc) is 3.31. The average molecular weight is 513 g/mol. The van der Waals surface area contributed by atoms with Crippen molar-refractivity contribution in [2.24, 2.45) is 39.9 Å². The first-order chi connectivity index (χ1) is 17.3. The fourth-order valence-corrected chi connectivity index (χ4v) is 8.76. The summed E-state index contributed by atoms with van der Waals surface area (Å²) in [7, 11) is 1.64. The molecule has 4 fully saturated rings. The van der Waals surface area contributed by atoms with Gasteiger partial charge in [-0.1, -0.05) is 45.9 Å². The van der Waals surface area contributed by atoms with Crippen molar-refractivity contribution < 1.29 is 33.7 Å². The normalized spacial score (nSPS) is 45.6. The Hall–Kier alpha value is -2.25. The van der Waals surface area contributed by atoms with Gasteiger partial charge in [0.15, 0.2) is 11.4 Å². The van der Waals surface area contributed by atoms with Crippen molar-refractivity contribution in [3.05, 3.63) is 35.9 Å². The first-order valence-corrected chi connectivity index (χ1v) is 13.5. The van der Waals surface area contributed by atoms with Crippen molar-refractivity contribution in [2.45, 2.75) is 84.7 Å². The van der Waals surface area contributed by atoms with Crippen LogP contribution in [0, 0.1) is 39.9 Å². The number of carbonyl (C=O) groups excluding carboxylic acids is 3. The van der Waals surface area contributed by atoms with Gasteiger partial charge in [0, 0.05) is 25.9 Å². The number of esters is 2. The molecule has 0 bridgehead atoms. The van der Waals surface area contributed by atoms with Crippen LogP contribution in [0.25, 0.3) is 0 Å². The minimum atomic E-state index is -1.64. The molecule has 4 saturated carbocycles. The Balaban J connectivity index is 1.68. The van der Waals surface area contributed by atoms with E-state index in [0.29, 0.717) is 17.9 Å². The second-order valence-electron chi connectivity index (χ2n) is 13.0. The molecule has 7 heteroatoms. The zero-order valence-electron chi connectivity index (χ0n) is 22.9. The number of methoxy groups -OCH3 is 1. The molecule has 0 spiro atoms. The summed E-state index contributed by atoms with van der Waals surface area (Å²) in [5.74, 6) is -1.97. The summed E-state index contributed by atoms with van der Waals surface area (Å²) < 4.78 is 18.2. The smallest absolute Gasteiger partial charge is 0.339 e. The van der Waals surface area contributed by atoms with Crippen molar-refractivity contribution in [3.8, 4) is 0 Å². The van der Waals surface area contributed by atoms with Crippen molar-refractivity contribution >= 4 is 17.7 Å². The van der Waals surface area contributed by atoms with Gasteiger partial charge in [0.1, 0.15) is 6.10 Å². The molecule has 10 unspecified atom stereocenters. The van der Waals surface area contributed by atoms with Crippen LogP contribution in [-0.2, 0) is 23.8 Å². The Morgan fingerprint density at radius 3 is 2.30 bits per heavy atom. The molecule has 37 heavy (non-hydrogen) atoms. The number of carbonyl (C=O) groups is 3. The van der Waals surface area contributed by atoms with Gasteiger partial charge in [-0.3, -0.25) is 9.59 Å². The maximum absolute atomic E-state index is 15.1. The lowest BCUT2D eigenvalue weighted by Crippen LogP contribution is -2.73. The summed E-state index contributed by atoms with van der Waals surface area (Å²) in [5.41, 5.74) is -3.27. The Morgan fingerprint density at radius 2 is 1.70 bits per heavy atom. The van der Waals surface area contributed by atoms with Crippen LogP contribution >= 0.6 is 0 Å². The lowest BCUT2D eigenvalue weighted by atomic mass is 9.46. The number of rotatable bonds is 4. The Morgan fingerprint density at radius 1 is 1.05 bits per heavy atom. The van der Waals surface area contributed by atoms with Gasteiger partial charge < -0.3 is 19.3 Å². The van der Waals surface area contributed by atoms with Crippen molar-refractivity contribution in [1.82, 2.24) is 0 Å². The first kappa shape index (κ1) is 26.4.